The van der Waals surface area contributed by atoms with Crippen molar-refractivity contribution in [3.63, 3.8) is 0 Å². The van der Waals surface area contributed by atoms with Crippen LogP contribution in [0.5, 0.6) is 0 Å². The summed E-state index contributed by atoms with van der Waals surface area (Å²) in [4.78, 5) is 0. The maximum Gasteiger partial charge on any atom is 0.0467 e. The molecule has 0 heterocycles. The van der Waals surface area contributed by atoms with Gasteiger partial charge in [-0.2, -0.15) is 0 Å². The van der Waals surface area contributed by atoms with Gasteiger partial charge in [0.15, 0.2) is 0 Å². The van der Waals surface area contributed by atoms with Gasteiger partial charge >= 0.3 is 0 Å². The van der Waals surface area contributed by atoms with E-state index < -0.39 is 0 Å². The van der Waals surface area contributed by atoms with E-state index in [1.54, 1.807) is 7.11 Å². The van der Waals surface area contributed by atoms with Gasteiger partial charge in [0.1, 0.15) is 0 Å². The zero-order valence-corrected chi connectivity index (χ0v) is 8.52. The van der Waals surface area contributed by atoms with E-state index in [-0.39, 0.29) is 0 Å². The molecule has 1 aliphatic carbocycles. The Hall–Kier alpha value is -0.300. The lowest BCUT2D eigenvalue weighted by Crippen LogP contribution is -2.03. The van der Waals surface area contributed by atoms with Gasteiger partial charge in [-0.3, -0.25) is 0 Å². The highest BCUT2D eigenvalue weighted by molar-refractivity contribution is 5.03. The Morgan fingerprint density at radius 3 is 2.50 bits per heavy atom. The minimum absolute atomic E-state index is 0.632. The maximum absolute atomic E-state index is 5.10. The van der Waals surface area contributed by atoms with Gasteiger partial charge in [-0.25, -0.2) is 0 Å². The van der Waals surface area contributed by atoms with Gasteiger partial charge in [-0.15, -0.1) is 0 Å². The molecule has 0 saturated heterocycles. The van der Waals surface area contributed by atoms with Crippen LogP contribution in [-0.4, -0.2) is 13.7 Å². The zero-order chi connectivity index (χ0) is 9.03. The summed E-state index contributed by atoms with van der Waals surface area (Å²) in [6.45, 7) is 5.27. The van der Waals surface area contributed by atoms with Crippen LogP contribution in [-0.2, 0) is 4.74 Å². The van der Waals surface area contributed by atoms with Crippen molar-refractivity contribution in [2.45, 2.75) is 39.5 Å². The standard InChI is InChI=1S/C11H20O/c1-10(2)4-5-11(6-7-11)8-9-12-3/h4H,5-9H2,1-3H3. The molecule has 0 bridgehead atoms. The molecule has 1 nitrogen and oxygen atoms in total. The summed E-state index contributed by atoms with van der Waals surface area (Å²) in [6, 6.07) is 0. The van der Waals surface area contributed by atoms with Crippen LogP contribution in [0.3, 0.4) is 0 Å². The average molecular weight is 168 g/mol. The van der Waals surface area contributed by atoms with Crippen molar-refractivity contribution >= 4 is 0 Å². The predicted octanol–water partition coefficient (Wildman–Crippen LogP) is 3.16. The van der Waals surface area contributed by atoms with Crippen molar-refractivity contribution in [1.82, 2.24) is 0 Å². The molecule has 0 unspecified atom stereocenters. The monoisotopic (exact) mass is 168 g/mol. The molecule has 0 atom stereocenters. The molecule has 0 aromatic rings. The highest BCUT2D eigenvalue weighted by atomic mass is 16.5. The molecule has 1 fully saturated rings. The number of ether oxygens (including phenoxy) is 1. The lowest BCUT2D eigenvalue weighted by molar-refractivity contribution is 0.172. The van der Waals surface area contributed by atoms with Crippen molar-refractivity contribution < 1.29 is 4.74 Å². The molecule has 0 radical (unpaired) electrons. The first-order valence-electron chi connectivity index (χ1n) is 4.81. The zero-order valence-electron chi connectivity index (χ0n) is 8.52. The Labute approximate surface area is 75.8 Å². The topological polar surface area (TPSA) is 9.23 Å². The first-order chi connectivity index (χ1) is 5.68. The summed E-state index contributed by atoms with van der Waals surface area (Å²) < 4.78 is 5.10. The van der Waals surface area contributed by atoms with E-state index in [0.29, 0.717) is 5.41 Å². The second-order valence-corrected chi connectivity index (χ2v) is 4.23. The number of allylic oxidation sites excluding steroid dienone is 2. The largest absolute Gasteiger partial charge is 0.385 e. The number of hydrogen-bond donors (Lipinski definition) is 0. The Bertz CT molecular complexity index is 162. The van der Waals surface area contributed by atoms with E-state index in [1.165, 1.54) is 31.3 Å². The van der Waals surface area contributed by atoms with E-state index >= 15 is 0 Å². The number of hydrogen-bond acceptors (Lipinski definition) is 1. The van der Waals surface area contributed by atoms with E-state index in [1.807, 2.05) is 0 Å². The van der Waals surface area contributed by atoms with Crippen molar-refractivity contribution in [2.75, 3.05) is 13.7 Å². The molecule has 0 aromatic carbocycles. The van der Waals surface area contributed by atoms with Crippen LogP contribution in [0, 0.1) is 5.41 Å². The van der Waals surface area contributed by atoms with Crippen LogP contribution >= 0.6 is 0 Å². The summed E-state index contributed by atoms with van der Waals surface area (Å²) in [5.74, 6) is 0. The van der Waals surface area contributed by atoms with E-state index in [4.69, 9.17) is 4.74 Å². The third-order valence-corrected chi connectivity index (χ3v) is 2.74. The lowest BCUT2D eigenvalue weighted by atomic mass is 9.97. The molecule has 0 spiro atoms. The Balaban J connectivity index is 2.25. The van der Waals surface area contributed by atoms with E-state index in [0.717, 1.165) is 6.61 Å². The van der Waals surface area contributed by atoms with Crippen LogP contribution < -0.4 is 0 Å². The number of rotatable bonds is 5. The minimum Gasteiger partial charge on any atom is -0.385 e. The third-order valence-electron chi connectivity index (χ3n) is 2.74. The molecular formula is C11H20O. The van der Waals surface area contributed by atoms with Gasteiger partial charge in [0.05, 0.1) is 0 Å². The van der Waals surface area contributed by atoms with Crippen LogP contribution in [0.1, 0.15) is 39.5 Å². The van der Waals surface area contributed by atoms with Gasteiger partial charge in [-0.05, 0) is 44.9 Å². The summed E-state index contributed by atoms with van der Waals surface area (Å²) in [5.41, 5.74) is 2.08. The summed E-state index contributed by atoms with van der Waals surface area (Å²) >= 11 is 0. The van der Waals surface area contributed by atoms with Crippen LogP contribution in [0.4, 0.5) is 0 Å². The Morgan fingerprint density at radius 1 is 1.42 bits per heavy atom. The minimum atomic E-state index is 0.632. The normalized spacial score (nSPS) is 18.9. The molecule has 12 heavy (non-hydrogen) atoms. The third kappa shape index (κ3) is 2.98. The first kappa shape index (κ1) is 9.79. The summed E-state index contributed by atoms with van der Waals surface area (Å²) in [6.07, 6.45) is 7.68. The fourth-order valence-electron chi connectivity index (χ4n) is 1.47. The molecule has 0 aromatic heterocycles. The van der Waals surface area contributed by atoms with Gasteiger partial charge in [-0.1, -0.05) is 11.6 Å². The molecule has 0 N–H and O–H groups in total. The van der Waals surface area contributed by atoms with Crippen molar-refractivity contribution in [3.05, 3.63) is 11.6 Å². The van der Waals surface area contributed by atoms with Gasteiger partial charge < -0.3 is 4.74 Å². The second kappa shape index (κ2) is 4.08. The van der Waals surface area contributed by atoms with Gasteiger partial charge in [0.25, 0.3) is 0 Å². The smallest absolute Gasteiger partial charge is 0.0467 e. The Kier molecular flexibility index (Phi) is 3.33. The molecule has 1 rings (SSSR count). The summed E-state index contributed by atoms with van der Waals surface area (Å²) in [7, 11) is 1.79. The molecule has 1 saturated carbocycles. The lowest BCUT2D eigenvalue weighted by Gasteiger charge is -2.11. The predicted molar refractivity (Wildman–Crippen MR) is 52.2 cm³/mol. The van der Waals surface area contributed by atoms with Crippen molar-refractivity contribution in [1.29, 1.82) is 0 Å². The number of methoxy groups -OCH3 is 1. The fraction of sp³-hybridized carbons (Fsp3) is 0.818. The highest BCUT2D eigenvalue weighted by Gasteiger charge is 2.40. The SMILES string of the molecule is COCCC1(CC=C(C)C)CC1. The van der Waals surface area contributed by atoms with Crippen molar-refractivity contribution in [3.8, 4) is 0 Å². The molecule has 0 amide bonds. The van der Waals surface area contributed by atoms with Crippen LogP contribution in [0.2, 0.25) is 0 Å². The second-order valence-electron chi connectivity index (χ2n) is 4.23. The Morgan fingerprint density at radius 2 is 2.08 bits per heavy atom. The van der Waals surface area contributed by atoms with E-state index in [2.05, 4.69) is 19.9 Å². The van der Waals surface area contributed by atoms with Crippen LogP contribution in [0.25, 0.3) is 0 Å². The summed E-state index contributed by atoms with van der Waals surface area (Å²) in [5, 5.41) is 0. The highest BCUT2D eigenvalue weighted by Crippen LogP contribution is 2.52. The molecule has 1 aliphatic rings. The maximum atomic E-state index is 5.10. The van der Waals surface area contributed by atoms with Gasteiger partial charge in [0.2, 0.25) is 0 Å². The van der Waals surface area contributed by atoms with Crippen molar-refractivity contribution in [2.24, 2.45) is 5.41 Å². The van der Waals surface area contributed by atoms with E-state index in [9.17, 15) is 0 Å². The quantitative estimate of drug-likeness (QED) is 0.573. The molecule has 0 aliphatic heterocycles. The first-order valence-corrected chi connectivity index (χ1v) is 4.81. The van der Waals surface area contributed by atoms with Gasteiger partial charge in [0, 0.05) is 13.7 Å². The van der Waals surface area contributed by atoms with Crippen LogP contribution in [0.15, 0.2) is 11.6 Å². The molecular weight excluding hydrogens is 148 g/mol. The fourth-order valence-corrected chi connectivity index (χ4v) is 1.47. The average Bonchev–Trinajstić information content (AvgIpc) is 2.79. The molecule has 70 valence electrons. The molecule has 1 heteroatoms.